The highest BCUT2D eigenvalue weighted by Gasteiger charge is 2.12. The average Bonchev–Trinajstić information content (AvgIpc) is 2.64. The second-order valence-corrected chi connectivity index (χ2v) is 3.51. The lowest BCUT2D eigenvalue weighted by Crippen LogP contribution is -2.19. The standard InChI is InChI=1S/C11H15NO2/c1-12(8-13-2)10-3-4-11-9(7-10)5-6-14-11/h3-4,7H,5-6,8H2,1-2H3. The van der Waals surface area contributed by atoms with Crippen LogP contribution in [-0.4, -0.2) is 27.5 Å². The van der Waals surface area contributed by atoms with Gasteiger partial charge in [0.2, 0.25) is 0 Å². The summed E-state index contributed by atoms with van der Waals surface area (Å²) in [5, 5.41) is 0. The quantitative estimate of drug-likeness (QED) is 0.681. The van der Waals surface area contributed by atoms with Crippen molar-refractivity contribution in [3.05, 3.63) is 23.8 Å². The maximum atomic E-state index is 5.44. The molecular weight excluding hydrogens is 178 g/mol. The second kappa shape index (κ2) is 3.88. The van der Waals surface area contributed by atoms with Crippen LogP contribution >= 0.6 is 0 Å². The van der Waals surface area contributed by atoms with Gasteiger partial charge >= 0.3 is 0 Å². The summed E-state index contributed by atoms with van der Waals surface area (Å²) in [6.07, 6.45) is 1.02. The van der Waals surface area contributed by atoms with E-state index in [0.717, 1.165) is 18.8 Å². The van der Waals surface area contributed by atoms with Crippen molar-refractivity contribution in [1.82, 2.24) is 0 Å². The molecule has 14 heavy (non-hydrogen) atoms. The predicted molar refractivity (Wildman–Crippen MR) is 55.9 cm³/mol. The van der Waals surface area contributed by atoms with Crippen LogP contribution in [0, 0.1) is 0 Å². The summed E-state index contributed by atoms with van der Waals surface area (Å²) in [5.74, 6) is 1.03. The van der Waals surface area contributed by atoms with E-state index in [-0.39, 0.29) is 0 Å². The first-order chi connectivity index (χ1) is 6.81. The highest BCUT2D eigenvalue weighted by molar-refractivity contribution is 5.53. The molecule has 1 aliphatic heterocycles. The van der Waals surface area contributed by atoms with E-state index in [4.69, 9.17) is 9.47 Å². The van der Waals surface area contributed by atoms with Crippen LogP contribution in [0.15, 0.2) is 18.2 Å². The third kappa shape index (κ3) is 1.68. The Hall–Kier alpha value is -1.22. The largest absolute Gasteiger partial charge is 0.493 e. The molecule has 2 rings (SSSR count). The van der Waals surface area contributed by atoms with Crippen LogP contribution in [0.25, 0.3) is 0 Å². The van der Waals surface area contributed by atoms with Gasteiger partial charge < -0.3 is 14.4 Å². The Balaban J connectivity index is 2.19. The minimum absolute atomic E-state index is 0.611. The summed E-state index contributed by atoms with van der Waals surface area (Å²) in [7, 11) is 3.72. The molecule has 0 fully saturated rings. The number of anilines is 1. The zero-order valence-electron chi connectivity index (χ0n) is 8.62. The molecule has 1 heterocycles. The lowest BCUT2D eigenvalue weighted by Gasteiger charge is -2.18. The molecule has 0 saturated carbocycles. The summed E-state index contributed by atoms with van der Waals surface area (Å²) < 4.78 is 10.5. The summed E-state index contributed by atoms with van der Waals surface area (Å²) in [6, 6.07) is 6.26. The molecule has 1 aromatic carbocycles. The van der Waals surface area contributed by atoms with Crippen molar-refractivity contribution in [2.24, 2.45) is 0 Å². The number of hydrogen-bond donors (Lipinski definition) is 0. The molecule has 0 saturated heterocycles. The van der Waals surface area contributed by atoms with Gasteiger partial charge in [0, 0.05) is 26.3 Å². The van der Waals surface area contributed by atoms with Crippen LogP contribution in [-0.2, 0) is 11.2 Å². The Morgan fingerprint density at radius 3 is 3.14 bits per heavy atom. The van der Waals surface area contributed by atoms with Crippen LogP contribution in [0.1, 0.15) is 5.56 Å². The summed E-state index contributed by atoms with van der Waals surface area (Å²) in [6.45, 7) is 1.42. The zero-order chi connectivity index (χ0) is 9.97. The van der Waals surface area contributed by atoms with Gasteiger partial charge in [-0.25, -0.2) is 0 Å². The number of hydrogen-bond acceptors (Lipinski definition) is 3. The average molecular weight is 193 g/mol. The number of methoxy groups -OCH3 is 1. The first kappa shape index (κ1) is 9.34. The Kier molecular flexibility index (Phi) is 2.59. The number of rotatable bonds is 3. The molecule has 0 aliphatic carbocycles. The third-order valence-electron chi connectivity index (χ3n) is 2.44. The number of benzene rings is 1. The van der Waals surface area contributed by atoms with Crippen LogP contribution in [0.3, 0.4) is 0 Å². The van der Waals surface area contributed by atoms with E-state index in [9.17, 15) is 0 Å². The molecule has 76 valence electrons. The Bertz CT molecular complexity index is 325. The van der Waals surface area contributed by atoms with E-state index in [0.29, 0.717) is 6.73 Å². The molecule has 0 radical (unpaired) electrons. The first-order valence-corrected chi connectivity index (χ1v) is 4.77. The van der Waals surface area contributed by atoms with E-state index in [1.165, 1.54) is 11.3 Å². The Morgan fingerprint density at radius 1 is 1.50 bits per heavy atom. The Morgan fingerprint density at radius 2 is 2.36 bits per heavy atom. The van der Waals surface area contributed by atoms with Crippen LogP contribution in [0.2, 0.25) is 0 Å². The normalized spacial score (nSPS) is 13.6. The molecule has 1 aromatic rings. The fourth-order valence-corrected chi connectivity index (χ4v) is 1.68. The molecule has 0 unspecified atom stereocenters. The Labute approximate surface area is 84.2 Å². The van der Waals surface area contributed by atoms with Crippen molar-refractivity contribution >= 4 is 5.69 Å². The van der Waals surface area contributed by atoms with Gasteiger partial charge in [0.25, 0.3) is 0 Å². The lowest BCUT2D eigenvalue weighted by atomic mass is 10.1. The predicted octanol–water partition coefficient (Wildman–Crippen LogP) is 1.66. The van der Waals surface area contributed by atoms with Crippen molar-refractivity contribution in [3.8, 4) is 5.75 Å². The van der Waals surface area contributed by atoms with Gasteiger partial charge in [-0.2, -0.15) is 0 Å². The van der Waals surface area contributed by atoms with Crippen molar-refractivity contribution in [2.75, 3.05) is 32.4 Å². The summed E-state index contributed by atoms with van der Waals surface area (Å²) in [5.41, 5.74) is 2.47. The number of ether oxygens (including phenoxy) is 2. The molecule has 3 nitrogen and oxygen atoms in total. The fraction of sp³-hybridized carbons (Fsp3) is 0.455. The van der Waals surface area contributed by atoms with Gasteiger partial charge in [0.05, 0.1) is 6.61 Å². The fourth-order valence-electron chi connectivity index (χ4n) is 1.68. The molecule has 0 bridgehead atoms. The highest BCUT2D eigenvalue weighted by atomic mass is 16.5. The second-order valence-electron chi connectivity index (χ2n) is 3.51. The molecule has 0 aromatic heterocycles. The summed E-state index contributed by atoms with van der Waals surface area (Å²) >= 11 is 0. The smallest absolute Gasteiger partial charge is 0.122 e. The molecule has 0 N–H and O–H groups in total. The SMILES string of the molecule is COCN(C)c1ccc2c(c1)CCO2. The number of nitrogens with zero attached hydrogens (tertiary/aromatic N) is 1. The van der Waals surface area contributed by atoms with Crippen molar-refractivity contribution in [1.29, 1.82) is 0 Å². The topological polar surface area (TPSA) is 21.7 Å². The lowest BCUT2D eigenvalue weighted by molar-refractivity contribution is 0.202. The van der Waals surface area contributed by atoms with Gasteiger partial charge in [-0.15, -0.1) is 0 Å². The third-order valence-corrected chi connectivity index (χ3v) is 2.44. The van der Waals surface area contributed by atoms with Gasteiger partial charge in [0.1, 0.15) is 12.5 Å². The molecular formula is C11H15NO2. The minimum Gasteiger partial charge on any atom is -0.493 e. The molecule has 1 aliphatic rings. The van der Waals surface area contributed by atoms with E-state index >= 15 is 0 Å². The van der Waals surface area contributed by atoms with Crippen molar-refractivity contribution < 1.29 is 9.47 Å². The van der Waals surface area contributed by atoms with Crippen LogP contribution in [0.4, 0.5) is 5.69 Å². The van der Waals surface area contributed by atoms with Gasteiger partial charge in [-0.3, -0.25) is 0 Å². The van der Waals surface area contributed by atoms with Crippen molar-refractivity contribution in [3.63, 3.8) is 0 Å². The maximum absolute atomic E-state index is 5.44. The van der Waals surface area contributed by atoms with E-state index in [1.807, 2.05) is 13.1 Å². The van der Waals surface area contributed by atoms with Crippen LogP contribution < -0.4 is 9.64 Å². The molecule has 0 spiro atoms. The van der Waals surface area contributed by atoms with Crippen LogP contribution in [0.5, 0.6) is 5.75 Å². The van der Waals surface area contributed by atoms with Gasteiger partial charge in [-0.1, -0.05) is 0 Å². The summed E-state index contributed by atoms with van der Waals surface area (Å²) in [4.78, 5) is 2.07. The van der Waals surface area contributed by atoms with E-state index in [2.05, 4.69) is 17.0 Å². The van der Waals surface area contributed by atoms with Gasteiger partial charge in [0.15, 0.2) is 0 Å². The molecule has 0 amide bonds. The highest BCUT2D eigenvalue weighted by Crippen LogP contribution is 2.28. The first-order valence-electron chi connectivity index (χ1n) is 4.77. The number of fused-ring (bicyclic) bond motifs is 1. The van der Waals surface area contributed by atoms with E-state index in [1.54, 1.807) is 7.11 Å². The maximum Gasteiger partial charge on any atom is 0.122 e. The van der Waals surface area contributed by atoms with Crippen molar-refractivity contribution in [2.45, 2.75) is 6.42 Å². The molecule has 0 atom stereocenters. The molecule has 3 heteroatoms. The van der Waals surface area contributed by atoms with Gasteiger partial charge in [-0.05, 0) is 23.8 Å². The zero-order valence-corrected chi connectivity index (χ0v) is 8.62. The minimum atomic E-state index is 0.611. The van der Waals surface area contributed by atoms with E-state index < -0.39 is 0 Å². The monoisotopic (exact) mass is 193 g/mol.